The third-order valence-corrected chi connectivity index (χ3v) is 1.47. The lowest BCUT2D eigenvalue weighted by Gasteiger charge is -2.12. The zero-order valence-corrected chi connectivity index (χ0v) is 7.38. The van der Waals surface area contributed by atoms with E-state index in [2.05, 4.69) is 5.32 Å². The van der Waals surface area contributed by atoms with Gasteiger partial charge in [-0.05, 0) is 13.0 Å². The van der Waals surface area contributed by atoms with E-state index in [0.717, 1.165) is 6.42 Å². The first-order valence-electron chi connectivity index (χ1n) is 3.97. The molecule has 1 amide bonds. The number of amides is 1. The summed E-state index contributed by atoms with van der Waals surface area (Å²) in [7, 11) is 1.46. The molecule has 0 saturated heterocycles. The number of rotatable bonds is 6. The fraction of sp³-hybridized carbons (Fsp3) is 0.857. The average Bonchev–Trinajstić information content (AvgIpc) is 2.07. The summed E-state index contributed by atoms with van der Waals surface area (Å²) in [4.78, 5) is 11.1. The number of hydrogen-bond donors (Lipinski definition) is 3. The largest absolute Gasteiger partial charge is 0.370 e. The van der Waals surface area contributed by atoms with Crippen LogP contribution >= 0.6 is 0 Å². The van der Waals surface area contributed by atoms with Crippen molar-refractivity contribution >= 4 is 5.91 Å². The van der Waals surface area contributed by atoms with Crippen LogP contribution in [0.3, 0.4) is 0 Å². The molecule has 5 heteroatoms. The fourth-order valence-electron chi connectivity index (χ4n) is 0.738. The maximum atomic E-state index is 11.1. The highest BCUT2D eigenvalue weighted by molar-refractivity contribution is 5.80. The number of nitrogens with one attached hydrogen (secondary N) is 1. The van der Waals surface area contributed by atoms with Gasteiger partial charge >= 0.3 is 0 Å². The zero-order chi connectivity index (χ0) is 9.40. The predicted molar refractivity (Wildman–Crippen MR) is 46.5 cm³/mol. The first kappa shape index (κ1) is 11.4. The molecule has 0 aliphatic rings. The smallest absolute Gasteiger partial charge is 0.250 e. The van der Waals surface area contributed by atoms with E-state index < -0.39 is 6.10 Å². The van der Waals surface area contributed by atoms with Gasteiger partial charge < -0.3 is 21.5 Å². The Morgan fingerprint density at radius 2 is 2.25 bits per heavy atom. The Morgan fingerprint density at radius 1 is 1.58 bits per heavy atom. The van der Waals surface area contributed by atoms with E-state index >= 15 is 0 Å². The van der Waals surface area contributed by atoms with E-state index in [1.807, 2.05) is 0 Å². The second-order valence-electron chi connectivity index (χ2n) is 2.39. The van der Waals surface area contributed by atoms with Crippen molar-refractivity contribution in [2.75, 3.05) is 26.7 Å². The van der Waals surface area contributed by atoms with Crippen LogP contribution in [-0.4, -0.2) is 38.8 Å². The minimum atomic E-state index is -0.539. The molecule has 12 heavy (non-hydrogen) atoms. The monoisotopic (exact) mass is 175 g/mol. The van der Waals surface area contributed by atoms with Gasteiger partial charge in [0.1, 0.15) is 6.10 Å². The van der Waals surface area contributed by atoms with Crippen molar-refractivity contribution in [1.29, 1.82) is 0 Å². The summed E-state index contributed by atoms with van der Waals surface area (Å²) in [5, 5.41) is 2.66. The summed E-state index contributed by atoms with van der Waals surface area (Å²) < 4.78 is 4.82. The summed E-state index contributed by atoms with van der Waals surface area (Å²) in [6, 6.07) is 0. The van der Waals surface area contributed by atoms with Crippen molar-refractivity contribution in [1.82, 2.24) is 5.32 Å². The SMILES string of the molecule is COC(CN)C(=O)NCCCN. The number of carbonyl (C=O) groups excluding carboxylic acids is 1. The molecule has 0 fully saturated rings. The number of methoxy groups -OCH3 is 1. The highest BCUT2D eigenvalue weighted by Crippen LogP contribution is 1.86. The number of nitrogens with two attached hydrogens (primary N) is 2. The number of ether oxygens (including phenoxy) is 1. The molecule has 0 aromatic carbocycles. The van der Waals surface area contributed by atoms with Crippen LogP contribution in [0.2, 0.25) is 0 Å². The molecule has 0 aromatic rings. The van der Waals surface area contributed by atoms with Gasteiger partial charge in [-0.15, -0.1) is 0 Å². The third kappa shape index (κ3) is 4.27. The maximum absolute atomic E-state index is 11.1. The van der Waals surface area contributed by atoms with Crippen LogP contribution < -0.4 is 16.8 Å². The van der Waals surface area contributed by atoms with E-state index in [-0.39, 0.29) is 12.5 Å². The maximum Gasteiger partial charge on any atom is 0.250 e. The van der Waals surface area contributed by atoms with Crippen LogP contribution in [0.15, 0.2) is 0 Å². The van der Waals surface area contributed by atoms with Gasteiger partial charge in [0.05, 0.1) is 0 Å². The van der Waals surface area contributed by atoms with Crippen LogP contribution in [0.1, 0.15) is 6.42 Å². The summed E-state index contributed by atoms with van der Waals surface area (Å²) in [6.07, 6.45) is 0.231. The van der Waals surface area contributed by atoms with E-state index in [9.17, 15) is 4.79 Å². The van der Waals surface area contributed by atoms with Crippen molar-refractivity contribution in [3.05, 3.63) is 0 Å². The lowest BCUT2D eigenvalue weighted by Crippen LogP contribution is -2.41. The van der Waals surface area contributed by atoms with Gasteiger partial charge in [0.2, 0.25) is 5.91 Å². The molecule has 0 aromatic heterocycles. The summed E-state index contributed by atoms with van der Waals surface area (Å²) in [5.41, 5.74) is 10.5. The molecule has 1 atom stereocenters. The van der Waals surface area contributed by atoms with Crippen LogP contribution in [-0.2, 0) is 9.53 Å². The standard InChI is InChI=1S/C7H17N3O2/c1-12-6(5-9)7(11)10-4-2-3-8/h6H,2-5,8-9H2,1H3,(H,10,11). The molecule has 72 valence electrons. The van der Waals surface area contributed by atoms with E-state index in [4.69, 9.17) is 16.2 Å². The second-order valence-corrected chi connectivity index (χ2v) is 2.39. The Balaban J connectivity index is 3.54. The van der Waals surface area contributed by atoms with Gasteiger partial charge in [-0.3, -0.25) is 4.79 Å². The van der Waals surface area contributed by atoms with Crippen molar-refractivity contribution < 1.29 is 9.53 Å². The Morgan fingerprint density at radius 3 is 2.67 bits per heavy atom. The van der Waals surface area contributed by atoms with Gasteiger partial charge in [-0.25, -0.2) is 0 Å². The molecule has 5 N–H and O–H groups in total. The second kappa shape index (κ2) is 7.02. The van der Waals surface area contributed by atoms with Crippen LogP contribution in [0.25, 0.3) is 0 Å². The van der Waals surface area contributed by atoms with Crippen molar-refractivity contribution in [3.8, 4) is 0 Å². The summed E-state index contributed by atoms with van der Waals surface area (Å²) >= 11 is 0. The van der Waals surface area contributed by atoms with E-state index in [0.29, 0.717) is 13.1 Å². The summed E-state index contributed by atoms with van der Waals surface area (Å²) in [5.74, 6) is -0.173. The highest BCUT2D eigenvalue weighted by Gasteiger charge is 2.13. The Bertz CT molecular complexity index is 126. The van der Waals surface area contributed by atoms with Crippen LogP contribution in [0, 0.1) is 0 Å². The van der Waals surface area contributed by atoms with Gasteiger partial charge in [0, 0.05) is 20.2 Å². The average molecular weight is 175 g/mol. The van der Waals surface area contributed by atoms with Gasteiger partial charge in [0.25, 0.3) is 0 Å². The van der Waals surface area contributed by atoms with Gasteiger partial charge in [-0.1, -0.05) is 0 Å². The molecule has 0 spiro atoms. The highest BCUT2D eigenvalue weighted by atomic mass is 16.5. The first-order valence-corrected chi connectivity index (χ1v) is 3.97. The van der Waals surface area contributed by atoms with Gasteiger partial charge in [0.15, 0.2) is 0 Å². The Hall–Kier alpha value is -0.650. The molecule has 0 bridgehead atoms. The Kier molecular flexibility index (Phi) is 6.64. The third-order valence-electron chi connectivity index (χ3n) is 1.47. The van der Waals surface area contributed by atoms with Crippen molar-refractivity contribution in [2.45, 2.75) is 12.5 Å². The Labute approximate surface area is 72.4 Å². The molecular weight excluding hydrogens is 158 g/mol. The summed E-state index contributed by atoms with van der Waals surface area (Å²) in [6.45, 7) is 1.35. The zero-order valence-electron chi connectivity index (χ0n) is 7.38. The first-order chi connectivity index (χ1) is 5.76. The predicted octanol–water partition coefficient (Wildman–Crippen LogP) is -1.57. The molecule has 0 aliphatic carbocycles. The fourth-order valence-corrected chi connectivity index (χ4v) is 0.738. The van der Waals surface area contributed by atoms with Crippen LogP contribution in [0.4, 0.5) is 0 Å². The number of carbonyl (C=O) groups is 1. The molecule has 0 saturated carbocycles. The molecule has 0 radical (unpaired) electrons. The lowest BCUT2D eigenvalue weighted by molar-refractivity contribution is -0.130. The number of hydrogen-bond acceptors (Lipinski definition) is 4. The lowest BCUT2D eigenvalue weighted by atomic mass is 10.3. The molecule has 5 nitrogen and oxygen atoms in total. The van der Waals surface area contributed by atoms with E-state index in [1.165, 1.54) is 7.11 Å². The van der Waals surface area contributed by atoms with Gasteiger partial charge in [-0.2, -0.15) is 0 Å². The molecule has 0 aliphatic heterocycles. The minimum absolute atomic E-state index is 0.173. The normalized spacial score (nSPS) is 12.6. The molecular formula is C7H17N3O2. The van der Waals surface area contributed by atoms with Crippen LogP contribution in [0.5, 0.6) is 0 Å². The quantitative estimate of drug-likeness (QED) is 0.425. The molecule has 0 rings (SSSR count). The van der Waals surface area contributed by atoms with E-state index in [1.54, 1.807) is 0 Å². The minimum Gasteiger partial charge on any atom is -0.370 e. The molecule has 0 heterocycles. The van der Waals surface area contributed by atoms with Crippen molar-refractivity contribution in [2.24, 2.45) is 11.5 Å². The van der Waals surface area contributed by atoms with Crippen molar-refractivity contribution in [3.63, 3.8) is 0 Å². The molecule has 1 unspecified atom stereocenters. The topological polar surface area (TPSA) is 90.4 Å².